The number of aliphatic imine (C=N–C) groups is 2. The normalized spacial score (nSPS) is 17.7. The molecular weight excluding hydrogens is 1150 g/mol. The van der Waals surface area contributed by atoms with Gasteiger partial charge in [-0.1, -0.05) is 44.5 Å². The number of nitriles is 1. The van der Waals surface area contributed by atoms with Crippen LogP contribution in [0.5, 0.6) is 34.5 Å². The number of methoxy groups -OCH3 is 3. The van der Waals surface area contributed by atoms with Crippen LogP contribution >= 0.6 is 0 Å². The first-order valence-corrected chi connectivity index (χ1v) is 29.6. The molecule has 0 spiro atoms. The number of unbranched alkanes of at least 4 members (excludes halogenated alkanes) is 2. The molecule has 22 nitrogen and oxygen atoms in total. The standard InChI is InChI=1S/C68H69N9O13/c1-40(2)62(74-60(78)12-9-8-10-25-75-61(79)33-59(67(75)84)90-50-21-13-42(35-69)14-22-50)64(81)72-41(3)63(80)73-47-19-15-43(16-20-47)45-28-48-36-70-53-31-57(55(86-6)29-51(53)65(82)76(48)37-45)88-26-11-27-89-58-32-54-52(30-56(58)87-7)66(83)77-38-46(34-68(77,4)39-71-54)44-17-23-49(85-5)24-18-44/h13-24,29-33,36-41,48,62H,8-12,25-28,34H2,1-7H3,(H,72,81)(H,73,80)(H,74,78)/t41-,48+,62-,68+/m1/s1. The van der Waals surface area contributed by atoms with Gasteiger partial charge in [-0.15, -0.1) is 0 Å². The predicted octanol–water partition coefficient (Wildman–Crippen LogP) is 9.24. The average Bonchev–Trinajstić information content (AvgIpc) is 1.65. The monoisotopic (exact) mass is 1220 g/mol. The summed E-state index contributed by atoms with van der Waals surface area (Å²) in [7, 11) is 4.64. The van der Waals surface area contributed by atoms with Crippen molar-refractivity contribution in [2.75, 3.05) is 46.4 Å². The van der Waals surface area contributed by atoms with Crippen LogP contribution in [-0.4, -0.2) is 133 Å². The van der Waals surface area contributed by atoms with Gasteiger partial charge in [-0.3, -0.25) is 48.4 Å². The van der Waals surface area contributed by atoms with Gasteiger partial charge >= 0.3 is 0 Å². The first kappa shape index (κ1) is 62.5. The lowest BCUT2D eigenvalue weighted by molar-refractivity contribution is -0.138. The second-order valence-electron chi connectivity index (χ2n) is 22.8. The average molecular weight is 1220 g/mol. The number of nitrogens with zero attached hydrogens (tertiary/aromatic N) is 6. The molecule has 5 aliphatic rings. The van der Waals surface area contributed by atoms with Gasteiger partial charge in [-0.2, -0.15) is 5.26 Å². The molecule has 0 saturated carbocycles. The Bertz CT molecular complexity index is 3850. The van der Waals surface area contributed by atoms with Crippen molar-refractivity contribution in [2.45, 2.75) is 96.3 Å². The zero-order chi connectivity index (χ0) is 63.8. The van der Waals surface area contributed by atoms with Gasteiger partial charge < -0.3 is 54.2 Å². The Morgan fingerprint density at radius 3 is 1.97 bits per heavy atom. The van der Waals surface area contributed by atoms with E-state index in [1.807, 2.05) is 61.8 Å². The van der Waals surface area contributed by atoms with Crippen LogP contribution in [0.4, 0.5) is 17.1 Å². The largest absolute Gasteiger partial charge is 0.497 e. The maximum absolute atomic E-state index is 14.2. The SMILES string of the molecule is COc1ccc(C2=CN3C(=O)c4cc(OC)c(OCCCOc5cc6c(cc5OC)C(=O)N5C=C(c7ccc(NC(=O)[C@@H](C)NC(=O)[C@H](NC(=O)CCCCCN8C(=O)C=C(Oc9ccc(C#N)cc9)C8=O)C(C)C)cc7)C[C@H]5C=N6)cc4N=C[C@]3(C)C2)cc1. The van der Waals surface area contributed by atoms with Crippen molar-refractivity contribution in [2.24, 2.45) is 15.9 Å². The second kappa shape index (κ2) is 27.2. The van der Waals surface area contributed by atoms with E-state index in [4.69, 9.17) is 43.7 Å². The zero-order valence-corrected chi connectivity index (χ0v) is 51.0. The highest BCUT2D eigenvalue weighted by atomic mass is 16.5. The van der Waals surface area contributed by atoms with Crippen LogP contribution in [0.25, 0.3) is 11.1 Å². The number of nitrogens with one attached hydrogen (secondary N) is 3. The van der Waals surface area contributed by atoms with Crippen molar-refractivity contribution in [1.29, 1.82) is 5.26 Å². The first-order chi connectivity index (χ1) is 43.4. The Balaban J connectivity index is 0.664. The summed E-state index contributed by atoms with van der Waals surface area (Å²) >= 11 is 0. The fraction of sp³-hybridized carbons (Fsp3) is 0.324. The van der Waals surface area contributed by atoms with Crippen LogP contribution in [0.3, 0.4) is 0 Å². The third-order valence-corrected chi connectivity index (χ3v) is 16.1. The van der Waals surface area contributed by atoms with Gasteiger partial charge in [0.1, 0.15) is 23.6 Å². The van der Waals surface area contributed by atoms with Gasteiger partial charge in [-0.05, 0) is 116 Å². The van der Waals surface area contributed by atoms with E-state index in [9.17, 15) is 33.6 Å². The van der Waals surface area contributed by atoms with Crippen LogP contribution in [-0.2, 0) is 24.0 Å². The van der Waals surface area contributed by atoms with E-state index in [0.29, 0.717) is 101 Å². The van der Waals surface area contributed by atoms with Crippen molar-refractivity contribution < 1.29 is 62.0 Å². The molecule has 22 heteroatoms. The fourth-order valence-electron chi connectivity index (χ4n) is 11.0. The molecule has 5 aromatic carbocycles. The molecule has 5 aromatic rings. The molecule has 5 heterocycles. The highest BCUT2D eigenvalue weighted by molar-refractivity contribution is 6.15. The maximum atomic E-state index is 14.2. The summed E-state index contributed by atoms with van der Waals surface area (Å²) in [6.45, 7) is 7.71. The molecule has 10 rings (SSSR count). The summed E-state index contributed by atoms with van der Waals surface area (Å²) in [5.74, 6) is -0.670. The highest BCUT2D eigenvalue weighted by Crippen LogP contribution is 2.44. The number of anilines is 1. The molecule has 3 N–H and O–H groups in total. The van der Waals surface area contributed by atoms with Gasteiger partial charge in [0, 0.05) is 74.9 Å². The first-order valence-electron chi connectivity index (χ1n) is 29.6. The van der Waals surface area contributed by atoms with Crippen molar-refractivity contribution in [3.05, 3.63) is 149 Å². The molecule has 0 aromatic heterocycles. The lowest BCUT2D eigenvalue weighted by atomic mass is 9.93. The minimum absolute atomic E-state index is 0.0997. The fourth-order valence-corrected chi connectivity index (χ4v) is 11.0. The quantitative estimate of drug-likeness (QED) is 0.0363. The number of carbonyl (C=O) groups is 7. The van der Waals surface area contributed by atoms with Crippen LogP contribution in [0.2, 0.25) is 0 Å². The van der Waals surface area contributed by atoms with Crippen molar-refractivity contribution in [1.82, 2.24) is 25.3 Å². The number of ether oxygens (including phenoxy) is 6. The number of hydrogen-bond acceptors (Lipinski definition) is 16. The number of imide groups is 1. The van der Waals surface area contributed by atoms with E-state index in [2.05, 4.69) is 16.0 Å². The molecule has 0 bridgehead atoms. The van der Waals surface area contributed by atoms with Gasteiger partial charge in [0.05, 0.1) is 86.3 Å². The lowest BCUT2D eigenvalue weighted by Crippen LogP contribution is -2.53. The molecule has 4 atom stereocenters. The summed E-state index contributed by atoms with van der Waals surface area (Å²) < 4.78 is 34.7. The highest BCUT2D eigenvalue weighted by Gasteiger charge is 2.43. The third-order valence-electron chi connectivity index (χ3n) is 16.1. The maximum Gasteiger partial charge on any atom is 0.296 e. The van der Waals surface area contributed by atoms with Gasteiger partial charge in [0.2, 0.25) is 17.7 Å². The van der Waals surface area contributed by atoms with E-state index in [1.54, 1.807) is 98.6 Å². The molecule has 0 unspecified atom stereocenters. The Labute approximate surface area is 520 Å². The summed E-state index contributed by atoms with van der Waals surface area (Å²) in [5.41, 5.74) is 5.57. The Morgan fingerprint density at radius 2 is 1.32 bits per heavy atom. The van der Waals surface area contributed by atoms with Crippen molar-refractivity contribution in [3.8, 4) is 40.6 Å². The molecule has 464 valence electrons. The number of fused-ring (bicyclic) bond motifs is 4. The summed E-state index contributed by atoms with van der Waals surface area (Å²) in [5, 5.41) is 17.4. The van der Waals surface area contributed by atoms with E-state index in [0.717, 1.165) is 39.0 Å². The molecular formula is C68H69N9O13. The molecule has 0 fully saturated rings. The number of carbonyl (C=O) groups excluding carboxylic acids is 7. The number of benzene rings is 5. The molecule has 90 heavy (non-hydrogen) atoms. The molecule has 0 aliphatic carbocycles. The van der Waals surface area contributed by atoms with Crippen molar-refractivity contribution >= 4 is 82.0 Å². The number of hydrogen-bond donors (Lipinski definition) is 3. The van der Waals surface area contributed by atoms with E-state index >= 15 is 0 Å². The van der Waals surface area contributed by atoms with Crippen LogP contribution in [0.15, 0.2) is 131 Å². The van der Waals surface area contributed by atoms with Gasteiger partial charge in [0.15, 0.2) is 28.8 Å². The predicted molar refractivity (Wildman–Crippen MR) is 335 cm³/mol. The van der Waals surface area contributed by atoms with Gasteiger partial charge in [-0.25, -0.2) is 0 Å². The summed E-state index contributed by atoms with van der Waals surface area (Å²) in [6, 6.07) is 27.5. The minimum Gasteiger partial charge on any atom is -0.497 e. The van der Waals surface area contributed by atoms with Crippen LogP contribution in [0.1, 0.15) is 110 Å². The summed E-state index contributed by atoms with van der Waals surface area (Å²) in [6.07, 6.45) is 11.4. The Morgan fingerprint density at radius 1 is 0.689 bits per heavy atom. The third kappa shape index (κ3) is 13.7. The molecule has 7 amide bonds. The zero-order valence-electron chi connectivity index (χ0n) is 51.0. The van der Waals surface area contributed by atoms with E-state index < -0.39 is 41.3 Å². The number of amides is 7. The van der Waals surface area contributed by atoms with E-state index in [1.165, 1.54) is 26.4 Å². The lowest BCUT2D eigenvalue weighted by Gasteiger charge is -2.29. The van der Waals surface area contributed by atoms with Crippen LogP contribution < -0.4 is 44.4 Å². The van der Waals surface area contributed by atoms with Crippen molar-refractivity contribution in [3.63, 3.8) is 0 Å². The molecule has 0 radical (unpaired) electrons. The smallest absolute Gasteiger partial charge is 0.296 e. The minimum atomic E-state index is -0.959. The molecule has 0 saturated heterocycles. The van der Waals surface area contributed by atoms with Gasteiger partial charge in [0.25, 0.3) is 23.6 Å². The van der Waals surface area contributed by atoms with E-state index in [-0.39, 0.29) is 61.6 Å². The molecule has 5 aliphatic heterocycles. The summed E-state index contributed by atoms with van der Waals surface area (Å²) in [4.78, 5) is 107. The Kier molecular flexibility index (Phi) is 18.9. The topological polar surface area (TPSA) is 269 Å². The second-order valence-corrected chi connectivity index (χ2v) is 22.8. The van der Waals surface area contributed by atoms with Crippen LogP contribution in [0, 0.1) is 17.2 Å². The number of rotatable bonds is 25. The Hall–Kier alpha value is -10.6.